The largest absolute Gasteiger partial charge is 0.353 e. The average molecular weight is 358 g/mol. The van der Waals surface area contributed by atoms with Gasteiger partial charge in [0.2, 0.25) is 15.9 Å². The lowest BCUT2D eigenvalue weighted by molar-refractivity contribution is -0.384. The number of nitro benzene ring substituents is 1. The van der Waals surface area contributed by atoms with E-state index in [1.165, 1.54) is 0 Å². The zero-order chi connectivity index (χ0) is 18.3. The molecule has 1 rings (SSSR count). The summed E-state index contributed by atoms with van der Waals surface area (Å²) in [5.41, 5.74) is 5.52. The molecule has 0 aliphatic carbocycles. The lowest BCUT2D eigenvalue weighted by atomic mass is 10.0. The third kappa shape index (κ3) is 6.22. The maximum Gasteiger partial charge on any atom is 0.269 e. The Balaban J connectivity index is 2.48. The summed E-state index contributed by atoms with van der Waals surface area (Å²) in [6.45, 7) is 3.98. The lowest BCUT2D eigenvalue weighted by Crippen LogP contribution is -2.44. The predicted molar refractivity (Wildman–Crippen MR) is 88.7 cm³/mol. The number of hydrogen-bond acceptors (Lipinski definition) is 6. The molecule has 1 amide bonds. The number of hydrogen-bond donors (Lipinski definition) is 3. The molecule has 0 bridgehead atoms. The number of nitrogens with zero attached hydrogens (tertiary/aromatic N) is 1. The Kier molecular flexibility index (Phi) is 7.26. The minimum absolute atomic E-state index is 0.0144. The van der Waals surface area contributed by atoms with Crippen LogP contribution in [0.2, 0.25) is 0 Å². The van der Waals surface area contributed by atoms with Crippen LogP contribution >= 0.6 is 0 Å². The second kappa shape index (κ2) is 8.71. The Morgan fingerprint density at radius 1 is 1.25 bits per heavy atom. The summed E-state index contributed by atoms with van der Waals surface area (Å²) in [7, 11) is -3.80. The molecule has 0 radical (unpaired) electrons. The van der Waals surface area contributed by atoms with E-state index in [0.29, 0.717) is 6.42 Å². The second-order valence-electron chi connectivity index (χ2n) is 5.68. The normalized spacial score (nSPS) is 12.8. The van der Waals surface area contributed by atoms with E-state index in [1.807, 2.05) is 13.8 Å². The number of carbonyl (C=O) groups excluding carboxylic acids is 1. The third-order valence-corrected chi connectivity index (χ3v) is 4.61. The number of nitro groups is 1. The van der Waals surface area contributed by atoms with Crippen molar-refractivity contribution in [3.8, 4) is 0 Å². The summed E-state index contributed by atoms with van der Waals surface area (Å²) < 4.78 is 26.3. The molecule has 0 saturated carbocycles. The molecular formula is C14H22N4O5S. The van der Waals surface area contributed by atoms with Crippen molar-refractivity contribution in [2.75, 3.05) is 13.1 Å². The van der Waals surface area contributed by atoms with Gasteiger partial charge in [-0.25, -0.2) is 13.1 Å². The van der Waals surface area contributed by atoms with Crippen LogP contribution in [0, 0.1) is 16.0 Å². The molecule has 0 spiro atoms. The molecule has 4 N–H and O–H groups in total. The number of nitrogens with two attached hydrogens (primary N) is 1. The fourth-order valence-electron chi connectivity index (χ4n) is 1.95. The highest BCUT2D eigenvalue weighted by Crippen LogP contribution is 2.15. The van der Waals surface area contributed by atoms with E-state index >= 15 is 0 Å². The molecular weight excluding hydrogens is 336 g/mol. The van der Waals surface area contributed by atoms with Crippen LogP contribution in [0.3, 0.4) is 0 Å². The van der Waals surface area contributed by atoms with Crippen LogP contribution in [0.1, 0.15) is 20.3 Å². The van der Waals surface area contributed by atoms with Crippen molar-refractivity contribution < 1.29 is 18.1 Å². The van der Waals surface area contributed by atoms with Crippen molar-refractivity contribution >= 4 is 21.6 Å². The first-order valence-electron chi connectivity index (χ1n) is 7.41. The van der Waals surface area contributed by atoms with Crippen LogP contribution in [0.15, 0.2) is 29.2 Å². The lowest BCUT2D eigenvalue weighted by Gasteiger charge is -2.14. The van der Waals surface area contributed by atoms with Crippen LogP contribution in [-0.2, 0) is 14.8 Å². The number of non-ortho nitro benzene ring substituents is 1. The quantitative estimate of drug-likeness (QED) is 0.330. The average Bonchev–Trinajstić information content (AvgIpc) is 2.50. The molecule has 0 saturated heterocycles. The molecule has 10 heteroatoms. The van der Waals surface area contributed by atoms with E-state index in [4.69, 9.17) is 5.73 Å². The van der Waals surface area contributed by atoms with Gasteiger partial charge in [-0.15, -0.1) is 0 Å². The van der Waals surface area contributed by atoms with Gasteiger partial charge in [0.05, 0.1) is 15.9 Å². The zero-order valence-corrected chi connectivity index (χ0v) is 14.4. The third-order valence-electron chi connectivity index (χ3n) is 3.14. The Hall–Kier alpha value is -2.04. The zero-order valence-electron chi connectivity index (χ0n) is 13.6. The van der Waals surface area contributed by atoms with Gasteiger partial charge in [0.1, 0.15) is 0 Å². The Morgan fingerprint density at radius 2 is 1.83 bits per heavy atom. The van der Waals surface area contributed by atoms with Gasteiger partial charge in [-0.05, 0) is 24.5 Å². The van der Waals surface area contributed by atoms with E-state index in [9.17, 15) is 23.3 Å². The molecule has 1 aromatic rings. The molecule has 9 nitrogen and oxygen atoms in total. The monoisotopic (exact) mass is 358 g/mol. The number of rotatable bonds is 9. The SMILES string of the molecule is CC(C)C[C@H](N)C(=O)NCCNS(=O)(=O)c1ccc([N+](=O)[O-])cc1. The van der Waals surface area contributed by atoms with Crippen molar-refractivity contribution in [2.45, 2.75) is 31.2 Å². The Labute approximate surface area is 140 Å². The van der Waals surface area contributed by atoms with Gasteiger partial charge in [-0.3, -0.25) is 14.9 Å². The first-order chi connectivity index (χ1) is 11.1. The summed E-state index contributed by atoms with van der Waals surface area (Å²) >= 11 is 0. The fraction of sp³-hybridized carbons (Fsp3) is 0.500. The molecule has 24 heavy (non-hydrogen) atoms. The summed E-state index contributed by atoms with van der Waals surface area (Å²) in [6, 6.07) is 3.90. The van der Waals surface area contributed by atoms with Gasteiger partial charge in [-0.2, -0.15) is 0 Å². The second-order valence-corrected chi connectivity index (χ2v) is 7.44. The standard InChI is InChI=1S/C14H22N4O5S/c1-10(2)9-13(15)14(19)16-7-8-17-24(22,23)12-5-3-11(4-6-12)18(20)21/h3-6,10,13,17H,7-9,15H2,1-2H3,(H,16,19)/t13-/m0/s1. The van der Waals surface area contributed by atoms with Crippen LogP contribution in [0.4, 0.5) is 5.69 Å². The van der Waals surface area contributed by atoms with E-state index < -0.39 is 21.0 Å². The van der Waals surface area contributed by atoms with Crippen molar-refractivity contribution in [3.05, 3.63) is 34.4 Å². The highest BCUT2D eigenvalue weighted by Gasteiger charge is 2.17. The van der Waals surface area contributed by atoms with Crippen molar-refractivity contribution in [3.63, 3.8) is 0 Å². The maximum absolute atomic E-state index is 12.0. The van der Waals surface area contributed by atoms with Gasteiger partial charge in [0.25, 0.3) is 5.69 Å². The molecule has 1 aromatic carbocycles. The number of amides is 1. The van der Waals surface area contributed by atoms with Gasteiger partial charge in [0.15, 0.2) is 0 Å². The molecule has 134 valence electrons. The first-order valence-corrected chi connectivity index (χ1v) is 8.89. The summed E-state index contributed by atoms with van der Waals surface area (Å²) in [4.78, 5) is 21.5. The van der Waals surface area contributed by atoms with Gasteiger partial charge >= 0.3 is 0 Å². The van der Waals surface area contributed by atoms with Gasteiger partial charge in [0, 0.05) is 25.2 Å². The van der Waals surface area contributed by atoms with E-state index in [0.717, 1.165) is 24.3 Å². The highest BCUT2D eigenvalue weighted by atomic mass is 32.2. The summed E-state index contributed by atoms with van der Waals surface area (Å²) in [5.74, 6) is -0.0513. The van der Waals surface area contributed by atoms with Crippen LogP contribution in [0.25, 0.3) is 0 Å². The van der Waals surface area contributed by atoms with Crippen molar-refractivity contribution in [1.82, 2.24) is 10.0 Å². The van der Waals surface area contributed by atoms with Gasteiger partial charge in [-0.1, -0.05) is 13.8 Å². The van der Waals surface area contributed by atoms with Crippen molar-refractivity contribution in [1.29, 1.82) is 0 Å². The van der Waals surface area contributed by atoms with Crippen LogP contribution in [0.5, 0.6) is 0 Å². The summed E-state index contributed by atoms with van der Waals surface area (Å²) in [6.07, 6.45) is 0.542. The molecule has 0 aliphatic heterocycles. The van der Waals surface area contributed by atoms with Crippen LogP contribution < -0.4 is 15.8 Å². The number of sulfonamides is 1. The Bertz CT molecular complexity index is 673. The minimum Gasteiger partial charge on any atom is -0.353 e. The van der Waals surface area contributed by atoms with Crippen molar-refractivity contribution in [2.24, 2.45) is 11.7 Å². The van der Waals surface area contributed by atoms with E-state index in [2.05, 4.69) is 10.0 Å². The molecule has 0 heterocycles. The molecule has 1 atom stereocenters. The number of carbonyl (C=O) groups is 1. The smallest absolute Gasteiger partial charge is 0.269 e. The molecule has 0 aromatic heterocycles. The summed E-state index contributed by atoms with van der Waals surface area (Å²) in [5, 5.41) is 13.1. The number of nitrogens with one attached hydrogen (secondary N) is 2. The fourth-order valence-corrected chi connectivity index (χ4v) is 2.98. The molecule has 0 aliphatic rings. The number of benzene rings is 1. The first kappa shape index (κ1) is 20.0. The van der Waals surface area contributed by atoms with Crippen LogP contribution in [-0.4, -0.2) is 38.4 Å². The molecule has 0 fully saturated rings. The highest BCUT2D eigenvalue weighted by molar-refractivity contribution is 7.89. The topological polar surface area (TPSA) is 144 Å². The predicted octanol–water partition coefficient (Wildman–Crippen LogP) is 0.363. The minimum atomic E-state index is -3.80. The van der Waals surface area contributed by atoms with E-state index in [1.54, 1.807) is 0 Å². The maximum atomic E-state index is 12.0. The Morgan fingerprint density at radius 3 is 2.33 bits per heavy atom. The molecule has 0 unspecified atom stereocenters. The van der Waals surface area contributed by atoms with E-state index in [-0.39, 0.29) is 35.5 Å². The van der Waals surface area contributed by atoms with Gasteiger partial charge < -0.3 is 11.1 Å².